The molecule has 3 aromatic rings. The van der Waals surface area contributed by atoms with E-state index in [1.54, 1.807) is 25.1 Å². The molecule has 4 nitrogen and oxygen atoms in total. The Morgan fingerprint density at radius 2 is 1.84 bits per heavy atom. The van der Waals surface area contributed by atoms with E-state index in [4.69, 9.17) is 4.42 Å². The minimum Gasteiger partial charge on any atom is -0.423 e. The van der Waals surface area contributed by atoms with Gasteiger partial charge >= 0.3 is 5.63 Å². The summed E-state index contributed by atoms with van der Waals surface area (Å²) in [6.45, 7) is 1.80. The molecule has 0 aliphatic carbocycles. The van der Waals surface area contributed by atoms with E-state index in [1.165, 1.54) is 30.3 Å². The molecule has 0 bridgehead atoms. The average molecular weight is 361 g/mol. The smallest absolute Gasteiger partial charge is 0.336 e. The summed E-state index contributed by atoms with van der Waals surface area (Å²) in [5, 5.41) is 3.48. The minimum atomic E-state index is -2.50. The summed E-state index contributed by atoms with van der Waals surface area (Å²) in [4.78, 5) is 24.1. The first-order valence-electron chi connectivity index (χ1n) is 7.33. The van der Waals surface area contributed by atoms with Gasteiger partial charge in [-0.25, -0.2) is 4.79 Å². The Bertz CT molecular complexity index is 984. The number of fused-ring (bicyclic) bond motifs is 1. The fourth-order valence-corrected chi connectivity index (χ4v) is 2.89. The molecular formula is C18H13F2NO3S. The number of nitrogens with one attached hydrogen (secondary N) is 1. The van der Waals surface area contributed by atoms with Crippen molar-refractivity contribution in [2.75, 3.05) is 5.32 Å². The van der Waals surface area contributed by atoms with E-state index >= 15 is 0 Å². The number of aryl methyl sites for hydroxylation is 1. The summed E-state index contributed by atoms with van der Waals surface area (Å²) in [6, 6.07) is 12.3. The molecular weight excluding hydrogens is 348 g/mol. The predicted molar refractivity (Wildman–Crippen MR) is 93.5 cm³/mol. The molecule has 0 saturated carbocycles. The van der Waals surface area contributed by atoms with E-state index in [1.807, 2.05) is 0 Å². The van der Waals surface area contributed by atoms with Crippen LogP contribution in [0, 0.1) is 6.92 Å². The van der Waals surface area contributed by atoms with Crippen molar-refractivity contribution in [3.8, 4) is 0 Å². The number of thioether (sulfide) groups is 1. The summed E-state index contributed by atoms with van der Waals surface area (Å²) in [7, 11) is 0. The lowest BCUT2D eigenvalue weighted by Gasteiger charge is -2.08. The van der Waals surface area contributed by atoms with Crippen LogP contribution < -0.4 is 10.9 Å². The van der Waals surface area contributed by atoms with Gasteiger partial charge in [0.25, 0.3) is 11.7 Å². The maximum atomic E-state index is 12.3. The summed E-state index contributed by atoms with van der Waals surface area (Å²) in [5.74, 6) is -2.89. The van der Waals surface area contributed by atoms with Crippen LogP contribution in [-0.4, -0.2) is 11.7 Å². The highest BCUT2D eigenvalue weighted by molar-refractivity contribution is 7.99. The topological polar surface area (TPSA) is 59.3 Å². The van der Waals surface area contributed by atoms with E-state index < -0.39 is 11.4 Å². The van der Waals surface area contributed by atoms with Crippen LogP contribution in [0.4, 0.5) is 14.5 Å². The minimum absolute atomic E-state index is 0.337. The maximum Gasteiger partial charge on any atom is 0.336 e. The van der Waals surface area contributed by atoms with Gasteiger partial charge in [-0.1, -0.05) is 11.8 Å². The molecule has 0 spiro atoms. The van der Waals surface area contributed by atoms with Gasteiger partial charge in [-0.05, 0) is 48.9 Å². The molecule has 25 heavy (non-hydrogen) atoms. The van der Waals surface area contributed by atoms with E-state index in [9.17, 15) is 18.4 Å². The maximum absolute atomic E-state index is 12.3. The van der Waals surface area contributed by atoms with Gasteiger partial charge in [-0.2, -0.15) is 8.78 Å². The normalized spacial score (nSPS) is 11.0. The molecule has 1 N–H and O–H groups in total. The van der Waals surface area contributed by atoms with Crippen LogP contribution in [0.2, 0.25) is 0 Å². The molecule has 0 aliphatic heterocycles. The molecule has 0 radical (unpaired) electrons. The van der Waals surface area contributed by atoms with Crippen molar-refractivity contribution in [2.45, 2.75) is 17.6 Å². The molecule has 0 aliphatic rings. The van der Waals surface area contributed by atoms with Crippen molar-refractivity contribution in [1.29, 1.82) is 0 Å². The zero-order valence-electron chi connectivity index (χ0n) is 13.1. The van der Waals surface area contributed by atoms with Crippen LogP contribution in [-0.2, 0) is 0 Å². The predicted octanol–water partition coefficient (Wildman–Crippen LogP) is 4.67. The average Bonchev–Trinajstić information content (AvgIpc) is 2.54. The number of halogens is 2. The molecule has 1 aromatic heterocycles. The Kier molecular flexibility index (Phi) is 4.85. The van der Waals surface area contributed by atoms with Crippen molar-refractivity contribution in [3.05, 3.63) is 70.1 Å². The lowest BCUT2D eigenvalue weighted by atomic mass is 10.1. The third kappa shape index (κ3) is 4.06. The van der Waals surface area contributed by atoms with Crippen molar-refractivity contribution < 1.29 is 18.0 Å². The number of benzene rings is 2. The fourth-order valence-electron chi connectivity index (χ4n) is 2.39. The number of hydrogen-bond donors (Lipinski definition) is 1. The summed E-state index contributed by atoms with van der Waals surface area (Å²) >= 11 is 0.420. The molecule has 0 unspecified atom stereocenters. The fraction of sp³-hybridized carbons (Fsp3) is 0.111. The quantitative estimate of drug-likeness (QED) is 0.542. The highest BCUT2D eigenvalue weighted by atomic mass is 32.2. The summed E-state index contributed by atoms with van der Waals surface area (Å²) in [6.07, 6.45) is 0. The highest BCUT2D eigenvalue weighted by Crippen LogP contribution is 2.25. The number of carbonyl (C=O) groups is 1. The van der Waals surface area contributed by atoms with Crippen molar-refractivity contribution in [3.63, 3.8) is 0 Å². The van der Waals surface area contributed by atoms with Gasteiger partial charge in [0.05, 0.1) is 0 Å². The number of amides is 1. The Morgan fingerprint density at radius 1 is 1.12 bits per heavy atom. The number of rotatable bonds is 4. The van der Waals surface area contributed by atoms with Gasteiger partial charge in [0, 0.05) is 33.7 Å². The second-order valence-electron chi connectivity index (χ2n) is 5.32. The number of alkyl halides is 2. The first kappa shape index (κ1) is 17.2. The molecule has 1 amide bonds. The van der Waals surface area contributed by atoms with Gasteiger partial charge in [-0.3, -0.25) is 4.79 Å². The van der Waals surface area contributed by atoms with Crippen LogP contribution in [0.1, 0.15) is 15.9 Å². The van der Waals surface area contributed by atoms with Gasteiger partial charge in [0.15, 0.2) is 0 Å². The third-order valence-corrected chi connectivity index (χ3v) is 4.27. The second kappa shape index (κ2) is 7.06. The lowest BCUT2D eigenvalue weighted by molar-refractivity contribution is 0.102. The number of anilines is 1. The van der Waals surface area contributed by atoms with Gasteiger partial charge in [0.2, 0.25) is 0 Å². The highest BCUT2D eigenvalue weighted by Gasteiger charge is 2.10. The lowest BCUT2D eigenvalue weighted by Crippen LogP contribution is -2.11. The summed E-state index contributed by atoms with van der Waals surface area (Å²) in [5.41, 5.74) is 1.52. The van der Waals surface area contributed by atoms with Crippen LogP contribution >= 0.6 is 11.8 Å². The van der Waals surface area contributed by atoms with E-state index in [-0.39, 0.29) is 5.91 Å². The van der Waals surface area contributed by atoms with Crippen LogP contribution in [0.5, 0.6) is 0 Å². The molecule has 1 heterocycles. The van der Waals surface area contributed by atoms with Crippen molar-refractivity contribution >= 4 is 34.3 Å². The Morgan fingerprint density at radius 3 is 2.52 bits per heavy atom. The number of carbonyl (C=O) groups excluding carboxylic acids is 1. The zero-order chi connectivity index (χ0) is 18.0. The Balaban J connectivity index is 1.80. The van der Waals surface area contributed by atoms with Crippen LogP contribution in [0.3, 0.4) is 0 Å². The summed E-state index contributed by atoms with van der Waals surface area (Å²) < 4.78 is 29.8. The standard InChI is InChI=1S/C18H13F2NO3S/c1-10-8-16(22)24-15-9-12(4-7-14(10)15)21-17(23)11-2-5-13(6-3-11)25-18(19)20/h2-9,18H,1H3,(H,21,23). The van der Waals surface area contributed by atoms with Crippen LogP contribution in [0.15, 0.2) is 62.6 Å². The molecule has 2 aromatic carbocycles. The second-order valence-corrected chi connectivity index (χ2v) is 6.38. The molecule has 3 rings (SSSR count). The largest absolute Gasteiger partial charge is 0.423 e. The molecule has 0 fully saturated rings. The van der Waals surface area contributed by atoms with E-state index in [2.05, 4.69) is 5.32 Å². The van der Waals surface area contributed by atoms with Crippen LogP contribution in [0.25, 0.3) is 11.0 Å². The third-order valence-electron chi connectivity index (χ3n) is 3.55. The monoisotopic (exact) mass is 361 g/mol. The molecule has 7 heteroatoms. The Hall–Kier alpha value is -2.67. The Labute approximate surface area is 145 Å². The zero-order valence-corrected chi connectivity index (χ0v) is 13.9. The molecule has 128 valence electrons. The first-order valence-corrected chi connectivity index (χ1v) is 8.21. The van der Waals surface area contributed by atoms with Gasteiger partial charge in [-0.15, -0.1) is 0 Å². The van der Waals surface area contributed by atoms with Crippen molar-refractivity contribution in [2.24, 2.45) is 0 Å². The van der Waals surface area contributed by atoms with Crippen molar-refractivity contribution in [1.82, 2.24) is 0 Å². The van der Waals surface area contributed by atoms with Gasteiger partial charge < -0.3 is 9.73 Å². The number of hydrogen-bond acceptors (Lipinski definition) is 4. The van der Waals surface area contributed by atoms with E-state index in [0.29, 0.717) is 33.5 Å². The molecule has 0 atom stereocenters. The van der Waals surface area contributed by atoms with E-state index in [0.717, 1.165) is 10.9 Å². The first-order chi connectivity index (χ1) is 11.9. The SMILES string of the molecule is Cc1cc(=O)oc2cc(NC(=O)c3ccc(SC(F)F)cc3)ccc12. The molecule has 0 saturated heterocycles. The van der Waals surface area contributed by atoms with Gasteiger partial charge in [0.1, 0.15) is 5.58 Å².